The van der Waals surface area contributed by atoms with E-state index in [9.17, 15) is 10.2 Å². The van der Waals surface area contributed by atoms with Gasteiger partial charge in [0.25, 0.3) is 0 Å². The molecule has 2 N–H and O–H groups in total. The van der Waals surface area contributed by atoms with Crippen LogP contribution in [0.3, 0.4) is 0 Å². The van der Waals surface area contributed by atoms with Gasteiger partial charge in [-0.15, -0.1) is 0 Å². The van der Waals surface area contributed by atoms with Gasteiger partial charge in [-0.2, -0.15) is 0 Å². The highest BCUT2D eigenvalue weighted by atomic mass is 28.4. The van der Waals surface area contributed by atoms with E-state index in [1.54, 1.807) is 0 Å². The van der Waals surface area contributed by atoms with E-state index >= 15 is 0 Å². The Labute approximate surface area is 210 Å². The molecule has 0 saturated carbocycles. The molecule has 1 aromatic carbocycles. The third kappa shape index (κ3) is 9.58. The molecule has 0 unspecified atom stereocenters. The fraction of sp³-hybridized carbons (Fsp3) is 0.724. The summed E-state index contributed by atoms with van der Waals surface area (Å²) in [5, 5.41) is 22.2. The molecule has 0 heterocycles. The average molecular weight is 493 g/mol. The van der Waals surface area contributed by atoms with E-state index in [4.69, 9.17) is 9.16 Å². The number of aliphatic hydroxyl groups is 2. The van der Waals surface area contributed by atoms with Crippen molar-refractivity contribution in [2.24, 2.45) is 17.8 Å². The second-order valence-corrected chi connectivity index (χ2v) is 16.5. The number of benzene rings is 1. The van der Waals surface area contributed by atoms with Gasteiger partial charge in [-0.25, -0.2) is 0 Å². The summed E-state index contributed by atoms with van der Waals surface area (Å²) >= 11 is 0. The Morgan fingerprint density at radius 2 is 1.65 bits per heavy atom. The van der Waals surface area contributed by atoms with Crippen LogP contribution in [0.1, 0.15) is 73.8 Å². The van der Waals surface area contributed by atoms with Crippen molar-refractivity contribution in [2.75, 3.05) is 6.61 Å². The van der Waals surface area contributed by atoms with Gasteiger partial charge in [0.15, 0.2) is 8.32 Å². The molecule has 196 valence electrons. The molecule has 0 aliphatic heterocycles. The number of hydrogen-bond acceptors (Lipinski definition) is 4. The molecule has 0 saturated heterocycles. The Kier molecular flexibility index (Phi) is 12.7. The predicted octanol–water partition coefficient (Wildman–Crippen LogP) is 6.97. The van der Waals surface area contributed by atoms with Crippen LogP contribution >= 0.6 is 0 Å². The molecular weight excluding hydrogens is 440 g/mol. The molecule has 0 amide bonds. The van der Waals surface area contributed by atoms with Crippen LogP contribution in [0.15, 0.2) is 42.0 Å². The summed E-state index contributed by atoms with van der Waals surface area (Å²) < 4.78 is 12.6. The van der Waals surface area contributed by atoms with Crippen molar-refractivity contribution < 1.29 is 19.4 Å². The largest absolute Gasteiger partial charge is 0.414 e. The highest BCUT2D eigenvalue weighted by Gasteiger charge is 2.41. The highest BCUT2D eigenvalue weighted by Crippen LogP contribution is 2.39. The van der Waals surface area contributed by atoms with Crippen LogP contribution in [0, 0.1) is 17.8 Å². The van der Waals surface area contributed by atoms with E-state index in [-0.39, 0.29) is 28.9 Å². The van der Waals surface area contributed by atoms with E-state index in [1.807, 2.05) is 57.2 Å². The highest BCUT2D eigenvalue weighted by molar-refractivity contribution is 6.74. The zero-order valence-electron chi connectivity index (χ0n) is 23.5. The minimum Gasteiger partial charge on any atom is -0.414 e. The molecule has 0 spiro atoms. The molecule has 0 aliphatic carbocycles. The molecule has 4 nitrogen and oxygen atoms in total. The smallest absolute Gasteiger partial charge is 0.192 e. The zero-order valence-corrected chi connectivity index (χ0v) is 24.5. The molecule has 6 atom stereocenters. The normalized spacial score (nSPS) is 18.8. The van der Waals surface area contributed by atoms with Crippen molar-refractivity contribution in [1.29, 1.82) is 0 Å². The summed E-state index contributed by atoms with van der Waals surface area (Å²) in [5.74, 6) is -0.100. The van der Waals surface area contributed by atoms with Crippen LogP contribution in [0.5, 0.6) is 0 Å². The van der Waals surface area contributed by atoms with Crippen LogP contribution in [-0.2, 0) is 15.8 Å². The summed E-state index contributed by atoms with van der Waals surface area (Å²) in [5.41, 5.74) is 2.03. The monoisotopic (exact) mass is 492 g/mol. The molecule has 5 heteroatoms. The van der Waals surface area contributed by atoms with Gasteiger partial charge in [-0.1, -0.05) is 91.3 Å². The average Bonchev–Trinajstić information content (AvgIpc) is 2.76. The lowest BCUT2D eigenvalue weighted by molar-refractivity contribution is 0.0123. The van der Waals surface area contributed by atoms with E-state index < -0.39 is 20.5 Å². The maximum Gasteiger partial charge on any atom is 0.192 e. The Hall–Kier alpha value is -0.983. The second-order valence-electron chi connectivity index (χ2n) is 11.7. The fourth-order valence-electron chi connectivity index (χ4n) is 4.05. The maximum absolute atomic E-state index is 11.2. The van der Waals surface area contributed by atoms with Crippen LogP contribution in [0.4, 0.5) is 0 Å². The first-order valence-corrected chi connectivity index (χ1v) is 16.0. The van der Waals surface area contributed by atoms with Gasteiger partial charge < -0.3 is 19.4 Å². The molecule has 0 radical (unpaired) electrons. The van der Waals surface area contributed by atoms with Crippen molar-refractivity contribution >= 4 is 8.32 Å². The molecule has 0 aliphatic rings. The molecule has 0 aromatic heterocycles. The van der Waals surface area contributed by atoms with E-state index in [1.165, 1.54) is 0 Å². The Morgan fingerprint density at radius 1 is 1.06 bits per heavy atom. The van der Waals surface area contributed by atoms with Gasteiger partial charge in [-0.3, -0.25) is 0 Å². The van der Waals surface area contributed by atoms with Gasteiger partial charge >= 0.3 is 0 Å². The summed E-state index contributed by atoms with van der Waals surface area (Å²) in [6.45, 7) is 22.6. The first-order valence-electron chi connectivity index (χ1n) is 13.0. The molecule has 34 heavy (non-hydrogen) atoms. The van der Waals surface area contributed by atoms with Crippen LogP contribution < -0.4 is 0 Å². The quantitative estimate of drug-likeness (QED) is 0.217. The summed E-state index contributed by atoms with van der Waals surface area (Å²) in [7, 11) is -1.94. The standard InChI is InChI=1S/C29H52O4Si/c1-11-15-26(33-34(9,10)29(6,7)8)24(5)28(31)22(3)18-21(2)27(30)23(4)19-32-20-25-16-13-12-14-17-25/h12-14,16-18,21,23-24,26-28,30-31H,11,15,19-20H2,1-10H3/b22-18+/t21-,23-,24-,26-,27-,28-/m1/s1. The molecular formula is C29H52O4Si. The number of hydrogen-bond donors (Lipinski definition) is 2. The van der Waals surface area contributed by atoms with Gasteiger partial charge in [0, 0.05) is 17.8 Å². The van der Waals surface area contributed by atoms with Crippen molar-refractivity contribution in [3.63, 3.8) is 0 Å². The van der Waals surface area contributed by atoms with Crippen molar-refractivity contribution in [1.82, 2.24) is 0 Å². The van der Waals surface area contributed by atoms with Gasteiger partial charge in [0.2, 0.25) is 0 Å². The number of ether oxygens (including phenoxy) is 1. The summed E-state index contributed by atoms with van der Waals surface area (Å²) in [6, 6.07) is 10.1. The van der Waals surface area contributed by atoms with Crippen LogP contribution in [0.25, 0.3) is 0 Å². The zero-order chi connectivity index (χ0) is 26.1. The Bertz CT molecular complexity index is 725. The molecule has 1 aromatic rings. The van der Waals surface area contributed by atoms with E-state index in [0.29, 0.717) is 13.2 Å². The van der Waals surface area contributed by atoms with Crippen LogP contribution in [0.2, 0.25) is 18.1 Å². The predicted molar refractivity (Wildman–Crippen MR) is 146 cm³/mol. The minimum atomic E-state index is -1.94. The third-order valence-corrected chi connectivity index (χ3v) is 12.0. The topological polar surface area (TPSA) is 58.9 Å². The van der Waals surface area contributed by atoms with Gasteiger partial charge in [-0.05, 0) is 42.6 Å². The van der Waals surface area contributed by atoms with Crippen molar-refractivity contribution in [3.05, 3.63) is 47.5 Å². The van der Waals surface area contributed by atoms with E-state index in [0.717, 1.165) is 24.0 Å². The lowest BCUT2D eigenvalue weighted by Gasteiger charge is -2.42. The van der Waals surface area contributed by atoms with Crippen molar-refractivity contribution in [3.8, 4) is 0 Å². The molecule has 1 rings (SSSR count). The number of rotatable bonds is 14. The minimum absolute atomic E-state index is 0.00733. The van der Waals surface area contributed by atoms with Crippen LogP contribution in [-0.4, -0.2) is 43.4 Å². The second kappa shape index (κ2) is 13.9. The summed E-state index contributed by atoms with van der Waals surface area (Å²) in [6.07, 6.45) is 2.87. The molecule has 0 bridgehead atoms. The number of aliphatic hydroxyl groups excluding tert-OH is 2. The van der Waals surface area contributed by atoms with Crippen molar-refractivity contribution in [2.45, 2.75) is 111 Å². The van der Waals surface area contributed by atoms with E-state index in [2.05, 4.69) is 47.7 Å². The molecule has 0 fully saturated rings. The maximum atomic E-state index is 11.2. The van der Waals surface area contributed by atoms with Gasteiger partial charge in [0.05, 0.1) is 31.5 Å². The van der Waals surface area contributed by atoms with Gasteiger partial charge in [0.1, 0.15) is 0 Å². The SMILES string of the molecule is CCC[C@@H](O[Si](C)(C)C(C)(C)C)[C@@H](C)[C@H](O)/C(C)=C/[C@@H](C)[C@@H](O)[C@H](C)COCc1ccccc1. The summed E-state index contributed by atoms with van der Waals surface area (Å²) in [4.78, 5) is 0. The first kappa shape index (κ1) is 31.0. The lowest BCUT2D eigenvalue weighted by Crippen LogP contribution is -2.47. The first-order chi connectivity index (χ1) is 15.7. The Balaban J connectivity index is 2.75. The Morgan fingerprint density at radius 3 is 2.18 bits per heavy atom. The third-order valence-electron chi connectivity index (χ3n) is 7.52. The lowest BCUT2D eigenvalue weighted by atomic mass is 9.87. The fourth-order valence-corrected chi connectivity index (χ4v) is 5.50.